The Morgan fingerprint density at radius 3 is 3.00 bits per heavy atom. The van der Waals surface area contributed by atoms with Crippen molar-refractivity contribution in [3.63, 3.8) is 0 Å². The molecule has 2 rings (SSSR count). The van der Waals surface area contributed by atoms with Gasteiger partial charge in [0.1, 0.15) is 0 Å². The number of carbonyl (C=O) groups is 1. The summed E-state index contributed by atoms with van der Waals surface area (Å²) in [5, 5.41) is 12.2. The summed E-state index contributed by atoms with van der Waals surface area (Å²) < 4.78 is 2.45. The Morgan fingerprint density at radius 2 is 2.33 bits per heavy atom. The first-order chi connectivity index (χ1) is 11.7. The van der Waals surface area contributed by atoms with Gasteiger partial charge in [-0.25, -0.2) is 0 Å². The topological polar surface area (TPSA) is 62.7 Å². The van der Waals surface area contributed by atoms with Gasteiger partial charge < -0.3 is 5.32 Å². The van der Waals surface area contributed by atoms with Gasteiger partial charge in [0.25, 0.3) is 0 Å². The smallest absolute Gasteiger partial charge is 0.221 e. The molecule has 2 heterocycles. The van der Waals surface area contributed by atoms with Crippen molar-refractivity contribution in [2.75, 3.05) is 6.54 Å². The molecule has 0 saturated heterocycles. The van der Waals surface area contributed by atoms with Crippen LogP contribution in [0.2, 0.25) is 0 Å². The molecule has 0 aliphatic carbocycles. The monoisotopic (exact) mass is 366 g/mol. The second-order valence-corrected chi connectivity index (χ2v) is 7.29. The van der Waals surface area contributed by atoms with Crippen molar-refractivity contribution in [3.05, 3.63) is 22.3 Å². The fraction of sp³-hybridized carbons (Fsp3) is 0.588. The Morgan fingerprint density at radius 1 is 1.50 bits per heavy atom. The number of nitrogens with one attached hydrogen (secondary N) is 2. The largest absolute Gasteiger partial charge is 0.356 e. The average Bonchev–Trinajstić information content (AvgIpc) is 3.22. The quantitative estimate of drug-likeness (QED) is 0.613. The van der Waals surface area contributed by atoms with Crippen LogP contribution in [0, 0.1) is 10.7 Å². The summed E-state index contributed by atoms with van der Waals surface area (Å²) >= 11 is 6.90. The van der Waals surface area contributed by atoms with Gasteiger partial charge in [-0.05, 0) is 36.0 Å². The second kappa shape index (κ2) is 9.74. The standard InChI is InChI=1S/C17H26N4OS2/c1-3-5-7-13(4-2)12-18-15(22)9-10-21-16(19-20-17(21)23)14-8-6-11-24-14/h6,8,11,13H,3-5,7,9-10,12H2,1-2H3,(H,18,22)(H,20,23). The molecule has 5 nitrogen and oxygen atoms in total. The molecule has 0 aromatic carbocycles. The number of hydrogen-bond acceptors (Lipinski definition) is 4. The molecule has 0 radical (unpaired) electrons. The number of nitrogens with zero attached hydrogens (tertiary/aromatic N) is 2. The third-order valence-electron chi connectivity index (χ3n) is 4.19. The van der Waals surface area contributed by atoms with E-state index in [1.54, 1.807) is 11.3 Å². The van der Waals surface area contributed by atoms with Gasteiger partial charge in [-0.2, -0.15) is 5.10 Å². The number of aromatic amines is 1. The minimum Gasteiger partial charge on any atom is -0.356 e. The molecule has 0 aliphatic heterocycles. The van der Waals surface area contributed by atoms with Crippen LogP contribution in [0.5, 0.6) is 0 Å². The van der Waals surface area contributed by atoms with Gasteiger partial charge in [0, 0.05) is 19.5 Å². The van der Waals surface area contributed by atoms with E-state index < -0.39 is 0 Å². The molecular formula is C17H26N4OS2. The van der Waals surface area contributed by atoms with Crippen molar-refractivity contribution < 1.29 is 4.79 Å². The molecule has 132 valence electrons. The highest BCUT2D eigenvalue weighted by Gasteiger charge is 2.12. The lowest BCUT2D eigenvalue weighted by Crippen LogP contribution is -2.29. The van der Waals surface area contributed by atoms with Crippen LogP contribution in [-0.2, 0) is 11.3 Å². The summed E-state index contributed by atoms with van der Waals surface area (Å²) in [7, 11) is 0. The Bertz CT molecular complexity index is 675. The van der Waals surface area contributed by atoms with Crippen LogP contribution in [0.25, 0.3) is 10.7 Å². The van der Waals surface area contributed by atoms with Crippen LogP contribution in [-0.4, -0.2) is 27.2 Å². The number of thiophene rings is 1. The van der Waals surface area contributed by atoms with Crippen LogP contribution in [0.4, 0.5) is 0 Å². The summed E-state index contributed by atoms with van der Waals surface area (Å²) in [4.78, 5) is 13.2. The number of carbonyl (C=O) groups excluding carboxylic acids is 1. The van der Waals surface area contributed by atoms with Crippen molar-refractivity contribution in [2.45, 2.75) is 52.5 Å². The zero-order valence-corrected chi connectivity index (χ0v) is 16.0. The second-order valence-electron chi connectivity index (χ2n) is 5.95. The lowest BCUT2D eigenvalue weighted by atomic mass is 9.99. The van der Waals surface area contributed by atoms with Gasteiger partial charge in [0.05, 0.1) is 4.88 Å². The lowest BCUT2D eigenvalue weighted by molar-refractivity contribution is -0.121. The highest BCUT2D eigenvalue weighted by molar-refractivity contribution is 7.71. The third kappa shape index (κ3) is 5.27. The van der Waals surface area contributed by atoms with Gasteiger partial charge in [0.2, 0.25) is 5.91 Å². The van der Waals surface area contributed by atoms with Crippen molar-refractivity contribution in [1.29, 1.82) is 0 Å². The Hall–Kier alpha value is -1.47. The van der Waals surface area contributed by atoms with Crippen LogP contribution >= 0.6 is 23.6 Å². The SMILES string of the molecule is CCCCC(CC)CNC(=O)CCn1c(-c2cccs2)n[nH]c1=S. The Balaban J connectivity index is 1.86. The first-order valence-corrected chi connectivity index (χ1v) is 9.90. The maximum Gasteiger partial charge on any atom is 0.221 e. The van der Waals surface area contributed by atoms with E-state index >= 15 is 0 Å². The van der Waals surface area contributed by atoms with Crippen molar-refractivity contribution >= 4 is 29.5 Å². The third-order valence-corrected chi connectivity index (χ3v) is 5.37. The van der Waals surface area contributed by atoms with E-state index in [9.17, 15) is 4.79 Å². The Kier molecular flexibility index (Phi) is 7.65. The van der Waals surface area contributed by atoms with Gasteiger partial charge in [-0.15, -0.1) is 11.3 Å². The van der Waals surface area contributed by atoms with Crippen LogP contribution in [0.15, 0.2) is 17.5 Å². The summed E-state index contributed by atoms with van der Waals surface area (Å²) in [5.74, 6) is 1.45. The number of H-pyrrole nitrogens is 1. The molecule has 2 aromatic rings. The van der Waals surface area contributed by atoms with Gasteiger partial charge in [-0.3, -0.25) is 14.5 Å². The van der Waals surface area contributed by atoms with Crippen LogP contribution in [0.3, 0.4) is 0 Å². The summed E-state index contributed by atoms with van der Waals surface area (Å²) in [5.41, 5.74) is 0. The number of amides is 1. The molecule has 2 aromatic heterocycles. The molecule has 0 bridgehead atoms. The van der Waals surface area contributed by atoms with Crippen LogP contribution < -0.4 is 5.32 Å². The van der Waals surface area contributed by atoms with Crippen molar-refractivity contribution in [1.82, 2.24) is 20.1 Å². The molecule has 0 saturated carbocycles. The first-order valence-electron chi connectivity index (χ1n) is 8.61. The molecule has 7 heteroatoms. The van der Waals surface area contributed by atoms with E-state index in [-0.39, 0.29) is 5.91 Å². The minimum absolute atomic E-state index is 0.0742. The number of aromatic nitrogens is 3. The number of hydrogen-bond donors (Lipinski definition) is 2. The van der Waals surface area contributed by atoms with Gasteiger partial charge in [0.15, 0.2) is 10.6 Å². The van der Waals surface area contributed by atoms with E-state index in [0.717, 1.165) is 23.7 Å². The zero-order valence-electron chi connectivity index (χ0n) is 14.4. The molecule has 24 heavy (non-hydrogen) atoms. The maximum absolute atomic E-state index is 12.2. The molecular weight excluding hydrogens is 340 g/mol. The molecule has 1 amide bonds. The van der Waals surface area contributed by atoms with Crippen LogP contribution in [0.1, 0.15) is 46.0 Å². The van der Waals surface area contributed by atoms with E-state index in [1.807, 2.05) is 22.1 Å². The maximum atomic E-state index is 12.2. The van der Waals surface area contributed by atoms with E-state index in [2.05, 4.69) is 29.4 Å². The molecule has 0 spiro atoms. The van der Waals surface area contributed by atoms with Gasteiger partial charge >= 0.3 is 0 Å². The zero-order chi connectivity index (χ0) is 17.4. The summed E-state index contributed by atoms with van der Waals surface area (Å²) in [6.45, 7) is 5.69. The molecule has 1 atom stereocenters. The predicted octanol–water partition coefficient (Wildman–Crippen LogP) is 4.39. The number of unbranched alkanes of at least 4 members (excludes halogenated alkanes) is 1. The summed E-state index contributed by atoms with van der Waals surface area (Å²) in [6, 6.07) is 3.99. The van der Waals surface area contributed by atoms with Gasteiger partial charge in [-0.1, -0.05) is 39.2 Å². The fourth-order valence-electron chi connectivity index (χ4n) is 2.62. The predicted molar refractivity (Wildman–Crippen MR) is 102 cm³/mol. The molecule has 0 fully saturated rings. The fourth-order valence-corrected chi connectivity index (χ4v) is 3.57. The molecule has 2 N–H and O–H groups in total. The van der Waals surface area contributed by atoms with Crippen molar-refractivity contribution in [3.8, 4) is 10.7 Å². The minimum atomic E-state index is 0.0742. The Labute approximate surface area is 152 Å². The highest BCUT2D eigenvalue weighted by Crippen LogP contribution is 2.22. The molecule has 0 aliphatic rings. The summed E-state index contributed by atoms with van der Waals surface area (Å²) in [6.07, 6.45) is 5.13. The van der Waals surface area contributed by atoms with E-state index in [1.165, 1.54) is 19.3 Å². The first kappa shape index (κ1) is 18.9. The number of rotatable bonds is 10. The molecule has 1 unspecified atom stereocenters. The average molecular weight is 367 g/mol. The lowest BCUT2D eigenvalue weighted by Gasteiger charge is -2.15. The normalized spacial score (nSPS) is 12.2. The van der Waals surface area contributed by atoms with Crippen molar-refractivity contribution in [2.24, 2.45) is 5.92 Å². The van der Waals surface area contributed by atoms with E-state index in [4.69, 9.17) is 12.2 Å². The van der Waals surface area contributed by atoms with E-state index in [0.29, 0.717) is 23.7 Å². The highest BCUT2D eigenvalue weighted by atomic mass is 32.1.